The monoisotopic (exact) mass is 741 g/mol. The van der Waals surface area contributed by atoms with Crippen molar-refractivity contribution in [2.45, 2.75) is 0 Å². The lowest BCUT2D eigenvalue weighted by Gasteiger charge is -2.25. The van der Waals surface area contributed by atoms with Gasteiger partial charge in [-0.3, -0.25) is 0 Å². The summed E-state index contributed by atoms with van der Waals surface area (Å²) in [5, 5.41) is 6.91. The van der Waals surface area contributed by atoms with Crippen molar-refractivity contribution in [2.75, 3.05) is 4.90 Å². The highest BCUT2D eigenvalue weighted by molar-refractivity contribution is 6.15. The second-order valence-electron chi connectivity index (χ2n) is 14.6. The van der Waals surface area contributed by atoms with Crippen LogP contribution in [0.1, 0.15) is 5.56 Å². The lowest BCUT2D eigenvalue weighted by atomic mass is 9.97. The number of allylic oxidation sites excluding steroid dienone is 4. The second-order valence-corrected chi connectivity index (χ2v) is 14.6. The van der Waals surface area contributed by atoms with E-state index in [2.05, 4.69) is 230 Å². The van der Waals surface area contributed by atoms with Crippen LogP contribution in [0.25, 0.3) is 82.4 Å². The molecule has 0 N–H and O–H groups in total. The Hall–Kier alpha value is -7.68. The van der Waals surface area contributed by atoms with Gasteiger partial charge in [-0.15, -0.1) is 0 Å². The maximum Gasteiger partial charge on any atom is 0.143 e. The van der Waals surface area contributed by atoms with Gasteiger partial charge in [0.15, 0.2) is 0 Å². The molecule has 2 heteroatoms. The van der Waals surface area contributed by atoms with Crippen LogP contribution < -0.4 is 4.90 Å². The van der Waals surface area contributed by atoms with E-state index in [1.165, 1.54) is 32.8 Å². The maximum absolute atomic E-state index is 6.51. The Labute approximate surface area is 338 Å². The van der Waals surface area contributed by atoms with Gasteiger partial charge in [0.05, 0.1) is 5.69 Å². The van der Waals surface area contributed by atoms with E-state index in [-0.39, 0.29) is 0 Å². The maximum atomic E-state index is 6.51. The Bertz CT molecular complexity index is 3180. The minimum absolute atomic E-state index is 0.880. The molecule has 10 rings (SSSR count). The van der Waals surface area contributed by atoms with E-state index in [0.717, 1.165) is 66.5 Å². The van der Waals surface area contributed by atoms with Gasteiger partial charge in [-0.2, -0.15) is 0 Å². The number of hydrogen-bond donors (Lipinski definition) is 0. The third-order valence-electron chi connectivity index (χ3n) is 11.1. The van der Waals surface area contributed by atoms with E-state index in [9.17, 15) is 0 Å². The molecule has 0 bridgehead atoms. The van der Waals surface area contributed by atoms with E-state index in [1.54, 1.807) is 0 Å². The molecule has 0 radical (unpaired) electrons. The van der Waals surface area contributed by atoms with Gasteiger partial charge in [0.2, 0.25) is 0 Å². The van der Waals surface area contributed by atoms with Gasteiger partial charge >= 0.3 is 0 Å². The first-order valence-electron chi connectivity index (χ1n) is 19.7. The Morgan fingerprint density at radius 3 is 1.91 bits per heavy atom. The van der Waals surface area contributed by atoms with Crippen molar-refractivity contribution in [3.05, 3.63) is 237 Å². The van der Waals surface area contributed by atoms with Crippen molar-refractivity contribution >= 4 is 60.4 Å². The summed E-state index contributed by atoms with van der Waals surface area (Å²) in [6.07, 6.45) is 8.35. The van der Waals surface area contributed by atoms with E-state index in [0.29, 0.717) is 0 Å². The molecule has 0 fully saturated rings. The van der Waals surface area contributed by atoms with Crippen LogP contribution in [0.15, 0.2) is 236 Å². The molecule has 58 heavy (non-hydrogen) atoms. The highest BCUT2D eigenvalue weighted by Gasteiger charge is 2.17. The summed E-state index contributed by atoms with van der Waals surface area (Å²) in [4.78, 5) is 2.30. The molecular weight excluding hydrogens is 703 g/mol. The molecular formula is C56H39NO. The normalized spacial score (nSPS) is 11.9. The fourth-order valence-electron chi connectivity index (χ4n) is 8.22. The van der Waals surface area contributed by atoms with Gasteiger partial charge < -0.3 is 9.32 Å². The number of para-hydroxylation sites is 1. The molecule has 0 aliphatic heterocycles. The Kier molecular flexibility index (Phi) is 9.06. The molecule has 1 heterocycles. The summed E-state index contributed by atoms with van der Waals surface area (Å²) >= 11 is 0. The largest absolute Gasteiger partial charge is 0.455 e. The molecule has 9 aromatic carbocycles. The van der Waals surface area contributed by atoms with Gasteiger partial charge in [-0.25, -0.2) is 0 Å². The first kappa shape index (κ1) is 34.8. The van der Waals surface area contributed by atoms with Crippen molar-refractivity contribution in [3.8, 4) is 33.4 Å². The van der Waals surface area contributed by atoms with Crippen LogP contribution in [0.4, 0.5) is 11.4 Å². The van der Waals surface area contributed by atoms with E-state index < -0.39 is 0 Å². The standard InChI is InChI=1S/C56H39NO/c1-2-14-41(49-25-13-19-42-17-6-8-22-48(42)49)35-36-57(47-31-27-40(28-32-47)45-21-12-20-44(37-45)39-15-4-3-5-16-39)54-26-11-10-23-50(54)46-30-34-55-53(38-46)52-33-29-43-18-7-9-24-51(43)56(52)58-55/h2-38H,1H2/b36-35+,41-14+. The van der Waals surface area contributed by atoms with Crippen molar-refractivity contribution in [1.29, 1.82) is 0 Å². The number of benzene rings is 9. The van der Waals surface area contributed by atoms with Crippen molar-refractivity contribution in [3.63, 3.8) is 0 Å². The first-order chi connectivity index (χ1) is 28.7. The molecule has 0 saturated carbocycles. The highest BCUT2D eigenvalue weighted by Crippen LogP contribution is 2.41. The number of rotatable bonds is 9. The second kappa shape index (κ2) is 15.1. The molecule has 274 valence electrons. The number of nitrogens with zero attached hydrogens (tertiary/aromatic N) is 1. The fraction of sp³-hybridized carbons (Fsp3) is 0. The summed E-state index contributed by atoms with van der Waals surface area (Å²) in [6.45, 7) is 4.09. The summed E-state index contributed by atoms with van der Waals surface area (Å²) in [5.41, 5.74) is 13.1. The lowest BCUT2D eigenvalue weighted by molar-refractivity contribution is 0.672. The molecule has 0 amide bonds. The van der Waals surface area contributed by atoms with Crippen LogP contribution >= 0.6 is 0 Å². The van der Waals surface area contributed by atoms with Gasteiger partial charge in [-0.1, -0.05) is 176 Å². The molecule has 0 saturated heterocycles. The zero-order chi connectivity index (χ0) is 38.8. The van der Waals surface area contributed by atoms with Gasteiger partial charge in [0.25, 0.3) is 0 Å². The number of furan rings is 1. The molecule has 2 nitrogen and oxygen atoms in total. The van der Waals surface area contributed by atoms with Gasteiger partial charge in [0, 0.05) is 33.6 Å². The SMILES string of the molecule is C=C/C=C(\C=C\N(c1ccc(-c2cccc(-c3ccccc3)c2)cc1)c1ccccc1-c1ccc2oc3c4ccccc4ccc3c2c1)c1cccc2ccccc12. The summed E-state index contributed by atoms with van der Waals surface area (Å²) in [5.74, 6) is 0. The van der Waals surface area contributed by atoms with Gasteiger partial charge in [-0.05, 0) is 104 Å². The van der Waals surface area contributed by atoms with Crippen LogP contribution in [0.5, 0.6) is 0 Å². The zero-order valence-corrected chi connectivity index (χ0v) is 31.9. The van der Waals surface area contributed by atoms with Crippen LogP contribution in [0.2, 0.25) is 0 Å². The minimum atomic E-state index is 0.880. The summed E-state index contributed by atoms with van der Waals surface area (Å²) < 4.78 is 6.51. The Morgan fingerprint density at radius 1 is 0.466 bits per heavy atom. The first-order valence-corrected chi connectivity index (χ1v) is 19.7. The third-order valence-corrected chi connectivity index (χ3v) is 11.1. The number of fused-ring (bicyclic) bond motifs is 6. The van der Waals surface area contributed by atoms with Crippen molar-refractivity contribution < 1.29 is 4.42 Å². The topological polar surface area (TPSA) is 16.4 Å². The predicted molar refractivity (Wildman–Crippen MR) is 247 cm³/mol. The Morgan fingerprint density at radius 2 is 1.10 bits per heavy atom. The number of anilines is 2. The molecule has 0 aliphatic carbocycles. The third kappa shape index (κ3) is 6.47. The lowest BCUT2D eigenvalue weighted by Crippen LogP contribution is -2.10. The van der Waals surface area contributed by atoms with Crippen molar-refractivity contribution in [1.82, 2.24) is 0 Å². The van der Waals surface area contributed by atoms with Crippen LogP contribution in [0, 0.1) is 0 Å². The van der Waals surface area contributed by atoms with Crippen LogP contribution in [-0.2, 0) is 0 Å². The predicted octanol–water partition coefficient (Wildman–Crippen LogP) is 15.8. The molecule has 0 unspecified atom stereocenters. The highest BCUT2D eigenvalue weighted by atomic mass is 16.3. The van der Waals surface area contributed by atoms with E-state index in [1.807, 2.05) is 6.08 Å². The van der Waals surface area contributed by atoms with E-state index in [4.69, 9.17) is 4.42 Å². The average molecular weight is 742 g/mol. The molecule has 10 aromatic rings. The summed E-state index contributed by atoms with van der Waals surface area (Å²) in [6, 6.07) is 71.2. The molecule has 1 aromatic heterocycles. The minimum Gasteiger partial charge on any atom is -0.455 e. The fourth-order valence-corrected chi connectivity index (χ4v) is 8.22. The Balaban J connectivity index is 1.10. The average Bonchev–Trinajstić information content (AvgIpc) is 3.68. The quantitative estimate of drug-likeness (QED) is 0.137. The van der Waals surface area contributed by atoms with E-state index >= 15 is 0 Å². The molecule has 0 aliphatic rings. The van der Waals surface area contributed by atoms with Crippen LogP contribution in [0.3, 0.4) is 0 Å². The molecule has 0 spiro atoms. The zero-order valence-electron chi connectivity index (χ0n) is 31.9. The van der Waals surface area contributed by atoms with Crippen molar-refractivity contribution in [2.24, 2.45) is 0 Å². The smallest absolute Gasteiger partial charge is 0.143 e. The molecule has 0 atom stereocenters. The summed E-state index contributed by atoms with van der Waals surface area (Å²) in [7, 11) is 0. The van der Waals surface area contributed by atoms with Gasteiger partial charge in [0.1, 0.15) is 11.2 Å². The van der Waals surface area contributed by atoms with Crippen LogP contribution in [-0.4, -0.2) is 0 Å². The number of hydrogen-bond acceptors (Lipinski definition) is 2.